The van der Waals surface area contributed by atoms with Crippen molar-refractivity contribution in [1.82, 2.24) is 9.55 Å². The molecule has 0 aliphatic rings. The Bertz CT molecular complexity index is 711. The molecular weight excluding hydrogens is 517 g/mol. The lowest BCUT2D eigenvalue weighted by Gasteiger charge is -2.11. The highest BCUT2D eigenvalue weighted by Gasteiger charge is 2.36. The van der Waals surface area contributed by atoms with E-state index < -0.39 is 14.7 Å². The molecule has 1 atom stereocenters. The van der Waals surface area contributed by atoms with Crippen molar-refractivity contribution in [3.05, 3.63) is 37.6 Å². The summed E-state index contributed by atoms with van der Waals surface area (Å²) >= 11 is 28.9. The molecule has 0 bridgehead atoms. The standard InChI is InChI=1S/C10H3Br2Cl4FN2OS/c11-5-1-4(13)2-6(14)7(5)19-3-18-9(8(19)12)21(20)10(15,16)17/h1-3H. The van der Waals surface area contributed by atoms with Crippen molar-refractivity contribution in [3.8, 4) is 5.69 Å². The summed E-state index contributed by atoms with van der Waals surface area (Å²) < 4.78 is 24.5. The second-order valence-corrected chi connectivity index (χ2v) is 9.26. The van der Waals surface area contributed by atoms with Crippen LogP contribution < -0.4 is 0 Å². The van der Waals surface area contributed by atoms with Crippen LogP contribution in [0.2, 0.25) is 10.0 Å². The lowest BCUT2D eigenvalue weighted by atomic mass is 10.3. The summed E-state index contributed by atoms with van der Waals surface area (Å²) in [6, 6.07) is 3.14. The van der Waals surface area contributed by atoms with Crippen molar-refractivity contribution in [2.45, 2.75) is 8.95 Å². The van der Waals surface area contributed by atoms with E-state index in [-0.39, 0.29) is 9.63 Å². The summed E-state index contributed by atoms with van der Waals surface area (Å²) in [6.07, 6.45) is 1.30. The first-order valence-electron chi connectivity index (χ1n) is 4.99. The Kier molecular flexibility index (Phi) is 5.67. The van der Waals surface area contributed by atoms with E-state index in [1.165, 1.54) is 17.0 Å². The van der Waals surface area contributed by atoms with Crippen LogP contribution in [0.25, 0.3) is 5.69 Å². The zero-order valence-corrected chi connectivity index (χ0v) is 16.6. The molecule has 0 aliphatic carbocycles. The number of hydrogen-bond acceptors (Lipinski definition) is 2. The van der Waals surface area contributed by atoms with E-state index in [4.69, 9.17) is 46.4 Å². The van der Waals surface area contributed by atoms with Crippen molar-refractivity contribution >= 4 is 89.1 Å². The molecule has 1 heterocycles. The molecule has 2 aromatic rings. The fraction of sp³-hybridized carbons (Fsp3) is 0.100. The summed E-state index contributed by atoms with van der Waals surface area (Å²) in [7, 11) is -2.38. The molecule has 0 spiro atoms. The van der Waals surface area contributed by atoms with Crippen LogP contribution in [-0.4, -0.2) is 17.7 Å². The molecule has 0 saturated heterocycles. The molecule has 0 radical (unpaired) electrons. The van der Waals surface area contributed by atoms with Crippen molar-refractivity contribution < 1.29 is 8.60 Å². The summed E-state index contributed by atoms with van der Waals surface area (Å²) in [5.41, 5.74) is 0.484. The third-order valence-corrected chi connectivity index (χ3v) is 6.33. The highest BCUT2D eigenvalue weighted by Crippen LogP contribution is 2.38. The summed E-state index contributed by atoms with van der Waals surface area (Å²) in [6.45, 7) is 0. The molecule has 0 saturated carbocycles. The van der Waals surface area contributed by atoms with Gasteiger partial charge in [0.05, 0.1) is 10.7 Å². The van der Waals surface area contributed by atoms with Gasteiger partial charge in [0.1, 0.15) is 21.7 Å². The van der Waals surface area contributed by atoms with Crippen molar-refractivity contribution in [1.29, 1.82) is 0 Å². The minimum absolute atomic E-state index is 0.152. The topological polar surface area (TPSA) is 34.9 Å². The van der Waals surface area contributed by atoms with Gasteiger partial charge in [0, 0.05) is 9.50 Å². The van der Waals surface area contributed by atoms with Crippen molar-refractivity contribution in [3.63, 3.8) is 0 Å². The molecule has 3 nitrogen and oxygen atoms in total. The number of benzene rings is 1. The van der Waals surface area contributed by atoms with E-state index in [2.05, 4.69) is 36.8 Å². The van der Waals surface area contributed by atoms with Gasteiger partial charge in [-0.05, 0) is 44.0 Å². The predicted molar refractivity (Wildman–Crippen MR) is 90.9 cm³/mol. The first kappa shape index (κ1) is 18.0. The highest BCUT2D eigenvalue weighted by molar-refractivity contribution is 9.11. The van der Waals surface area contributed by atoms with E-state index in [1.807, 2.05) is 0 Å². The Morgan fingerprint density at radius 1 is 1.29 bits per heavy atom. The molecule has 1 unspecified atom stereocenters. The quantitative estimate of drug-likeness (QED) is 0.476. The molecule has 1 aromatic carbocycles. The number of rotatable bonds is 3. The normalized spacial score (nSPS) is 13.5. The van der Waals surface area contributed by atoms with Gasteiger partial charge in [-0.2, -0.15) is 4.39 Å². The first-order valence-corrected chi connectivity index (χ1v) is 9.24. The number of aromatic nitrogens is 2. The molecule has 114 valence electrons. The van der Waals surface area contributed by atoms with E-state index in [1.54, 1.807) is 6.07 Å². The summed E-state index contributed by atoms with van der Waals surface area (Å²) in [5.74, 6) is 0. The van der Waals surface area contributed by atoms with Crippen LogP contribution in [0.4, 0.5) is 4.39 Å². The monoisotopic (exact) mass is 516 g/mol. The first-order chi connectivity index (χ1) is 9.62. The van der Waals surface area contributed by atoms with Gasteiger partial charge in [0.15, 0.2) is 5.03 Å². The number of alkyl halides is 3. The van der Waals surface area contributed by atoms with E-state index in [0.717, 1.165) is 0 Å². The Hall–Kier alpha value is 0.630. The van der Waals surface area contributed by atoms with Gasteiger partial charge < -0.3 is 0 Å². The van der Waals surface area contributed by atoms with Gasteiger partial charge >= 0.3 is 3.92 Å². The van der Waals surface area contributed by atoms with Crippen LogP contribution >= 0.6 is 78.3 Å². The largest absolute Gasteiger partial charge is 0.338 e. The Morgan fingerprint density at radius 3 is 2.43 bits per heavy atom. The minimum atomic E-state index is -2.96. The van der Waals surface area contributed by atoms with Crippen LogP contribution in [0, 0.1) is 0 Å². The lowest BCUT2D eigenvalue weighted by Crippen LogP contribution is -2.14. The number of halogens is 7. The molecule has 0 aliphatic heterocycles. The van der Waals surface area contributed by atoms with E-state index >= 15 is 0 Å². The van der Waals surface area contributed by atoms with Crippen LogP contribution in [0.5, 0.6) is 0 Å². The molecule has 0 amide bonds. The van der Waals surface area contributed by atoms with E-state index in [0.29, 0.717) is 20.2 Å². The fourth-order valence-corrected chi connectivity index (χ4v) is 4.82. The average Bonchev–Trinajstić information content (AvgIpc) is 2.68. The lowest BCUT2D eigenvalue weighted by molar-refractivity contribution is 0.496. The van der Waals surface area contributed by atoms with Crippen molar-refractivity contribution in [2.75, 3.05) is 0 Å². The molecule has 21 heavy (non-hydrogen) atoms. The third kappa shape index (κ3) is 3.76. The molecule has 2 rings (SSSR count). The Labute approximate surface area is 158 Å². The number of hydrogen-bond donors (Lipinski definition) is 0. The maximum Gasteiger partial charge on any atom is 0.338 e. The zero-order valence-electron chi connectivity index (χ0n) is 9.59. The third-order valence-electron chi connectivity index (χ3n) is 2.29. The van der Waals surface area contributed by atoms with Crippen LogP contribution in [-0.2, 0) is 10.8 Å². The van der Waals surface area contributed by atoms with Gasteiger partial charge in [0.25, 0.3) is 0 Å². The van der Waals surface area contributed by atoms with Gasteiger partial charge in [-0.1, -0.05) is 46.4 Å². The summed E-state index contributed by atoms with van der Waals surface area (Å²) in [4.78, 5) is 3.86. The smallest absolute Gasteiger partial charge is 0.290 e. The van der Waals surface area contributed by atoms with Crippen LogP contribution in [0.1, 0.15) is 0 Å². The predicted octanol–water partition coefficient (Wildman–Crippen LogP) is 5.87. The molecule has 0 N–H and O–H groups in total. The van der Waals surface area contributed by atoms with Crippen LogP contribution in [0.3, 0.4) is 0 Å². The van der Waals surface area contributed by atoms with Crippen LogP contribution in [0.15, 0.2) is 32.6 Å². The zero-order chi connectivity index (χ0) is 15.9. The minimum Gasteiger partial charge on any atom is -0.290 e. The molecular formula is C10H3Br2Cl4FN2OS. The number of imidazole rings is 1. The Morgan fingerprint density at radius 2 is 1.90 bits per heavy atom. The van der Waals surface area contributed by atoms with Gasteiger partial charge in [0.2, 0.25) is 0 Å². The summed E-state index contributed by atoms with van der Waals surface area (Å²) in [5, 5.41) is 0.591. The second kappa shape index (κ2) is 6.63. The maximum atomic E-state index is 13.4. The average molecular weight is 520 g/mol. The fourth-order valence-electron chi connectivity index (χ4n) is 1.47. The van der Waals surface area contributed by atoms with Gasteiger partial charge in [-0.15, -0.1) is 0 Å². The molecule has 1 aromatic heterocycles. The van der Waals surface area contributed by atoms with E-state index in [9.17, 15) is 8.60 Å². The second-order valence-electron chi connectivity index (χ2n) is 3.64. The number of nitrogens with zero attached hydrogens (tertiary/aromatic N) is 2. The SMILES string of the molecule is O=S(c1ncn(-c2c(Cl)cc(Cl)cc2Br)c1Br)C(F)(Cl)Cl. The molecule has 11 heteroatoms. The van der Waals surface area contributed by atoms with Gasteiger partial charge in [-0.25, -0.2) is 9.19 Å². The maximum absolute atomic E-state index is 13.4. The van der Waals surface area contributed by atoms with Crippen molar-refractivity contribution in [2.24, 2.45) is 0 Å². The molecule has 0 fully saturated rings. The van der Waals surface area contributed by atoms with Gasteiger partial charge in [-0.3, -0.25) is 4.57 Å². The Balaban J connectivity index is 2.59. The highest BCUT2D eigenvalue weighted by atomic mass is 79.9.